The predicted molar refractivity (Wildman–Crippen MR) is 84.5 cm³/mol. The Balaban J connectivity index is 1.96. The molecule has 1 saturated carbocycles. The van der Waals surface area contributed by atoms with E-state index in [1.807, 2.05) is 18.4 Å². The van der Waals surface area contributed by atoms with E-state index in [9.17, 15) is 14.7 Å². The van der Waals surface area contributed by atoms with Gasteiger partial charge in [0.15, 0.2) is 0 Å². The summed E-state index contributed by atoms with van der Waals surface area (Å²) >= 11 is 1.73. The molecule has 0 spiro atoms. The van der Waals surface area contributed by atoms with Crippen LogP contribution in [0.25, 0.3) is 0 Å². The van der Waals surface area contributed by atoms with Gasteiger partial charge < -0.3 is 10.4 Å². The molecule has 2 rings (SSSR count). The number of nitrogens with one attached hydrogen (secondary N) is 1. The van der Waals surface area contributed by atoms with Crippen LogP contribution in [0.3, 0.4) is 0 Å². The maximum atomic E-state index is 12.1. The number of aliphatic carboxylic acids is 1. The molecule has 0 heterocycles. The Morgan fingerprint density at radius 1 is 1.24 bits per heavy atom. The van der Waals surface area contributed by atoms with Crippen LogP contribution < -0.4 is 5.32 Å². The Labute approximate surface area is 129 Å². The van der Waals surface area contributed by atoms with Gasteiger partial charge in [-0.15, -0.1) is 0 Å². The van der Waals surface area contributed by atoms with E-state index in [0.29, 0.717) is 18.4 Å². The second kappa shape index (κ2) is 6.98. The fourth-order valence-electron chi connectivity index (χ4n) is 2.79. The lowest BCUT2D eigenvalue weighted by Crippen LogP contribution is -2.41. The molecule has 114 valence electrons. The Bertz CT molecular complexity index is 507. The van der Waals surface area contributed by atoms with Gasteiger partial charge in [0.2, 0.25) is 0 Å². The van der Waals surface area contributed by atoms with Gasteiger partial charge in [0.25, 0.3) is 5.91 Å². The van der Waals surface area contributed by atoms with Crippen molar-refractivity contribution in [3.05, 3.63) is 35.4 Å². The second-order valence-electron chi connectivity index (χ2n) is 5.61. The molecule has 1 aliphatic rings. The van der Waals surface area contributed by atoms with Crippen molar-refractivity contribution < 1.29 is 14.7 Å². The lowest BCUT2D eigenvalue weighted by Gasteiger charge is -2.23. The maximum Gasteiger partial charge on any atom is 0.311 e. The number of amides is 1. The number of thioether (sulfide) groups is 1. The van der Waals surface area contributed by atoms with Crippen molar-refractivity contribution in [1.29, 1.82) is 0 Å². The molecule has 1 fully saturated rings. The van der Waals surface area contributed by atoms with Crippen LogP contribution in [0.1, 0.15) is 41.6 Å². The van der Waals surface area contributed by atoms with Crippen molar-refractivity contribution in [3.63, 3.8) is 0 Å². The molecule has 0 radical (unpaired) electrons. The van der Waals surface area contributed by atoms with Gasteiger partial charge in [0.1, 0.15) is 0 Å². The normalized spacial score (nSPS) is 16.6. The monoisotopic (exact) mass is 307 g/mol. The predicted octanol–water partition coefficient (Wildman–Crippen LogP) is 2.92. The largest absolute Gasteiger partial charge is 0.481 e. The third kappa shape index (κ3) is 3.79. The Hall–Kier alpha value is -1.49. The third-order valence-corrected chi connectivity index (χ3v) is 4.75. The first-order chi connectivity index (χ1) is 10.1. The number of hydrogen-bond acceptors (Lipinski definition) is 3. The molecule has 1 aliphatic carbocycles. The molecule has 0 unspecified atom stereocenters. The zero-order valence-electron chi connectivity index (χ0n) is 12.2. The van der Waals surface area contributed by atoms with Gasteiger partial charge >= 0.3 is 5.97 Å². The molecule has 0 aliphatic heterocycles. The first-order valence-electron chi connectivity index (χ1n) is 7.17. The highest BCUT2D eigenvalue weighted by molar-refractivity contribution is 7.97. The Kier molecular flexibility index (Phi) is 5.28. The fourth-order valence-corrected chi connectivity index (χ4v) is 3.31. The van der Waals surface area contributed by atoms with E-state index in [-0.39, 0.29) is 12.5 Å². The summed E-state index contributed by atoms with van der Waals surface area (Å²) in [7, 11) is 0. The minimum Gasteiger partial charge on any atom is -0.481 e. The molecule has 21 heavy (non-hydrogen) atoms. The van der Waals surface area contributed by atoms with Crippen molar-refractivity contribution >= 4 is 23.6 Å². The summed E-state index contributed by atoms with van der Waals surface area (Å²) in [6, 6.07) is 7.47. The van der Waals surface area contributed by atoms with Crippen LogP contribution in [0.4, 0.5) is 0 Å². The van der Waals surface area contributed by atoms with Crippen molar-refractivity contribution in [3.8, 4) is 0 Å². The molecule has 0 saturated heterocycles. The lowest BCUT2D eigenvalue weighted by atomic mass is 9.86. The summed E-state index contributed by atoms with van der Waals surface area (Å²) < 4.78 is 0. The van der Waals surface area contributed by atoms with Gasteiger partial charge in [-0.05, 0) is 36.8 Å². The molecule has 5 heteroatoms. The van der Waals surface area contributed by atoms with Crippen LogP contribution in [0.15, 0.2) is 24.3 Å². The minimum atomic E-state index is -0.796. The number of rotatable bonds is 6. The fraction of sp³-hybridized carbons (Fsp3) is 0.500. The van der Waals surface area contributed by atoms with Crippen LogP contribution in [0.2, 0.25) is 0 Å². The smallest absolute Gasteiger partial charge is 0.311 e. The van der Waals surface area contributed by atoms with E-state index < -0.39 is 11.4 Å². The first kappa shape index (κ1) is 15.9. The summed E-state index contributed by atoms with van der Waals surface area (Å²) in [6.07, 6.45) is 5.18. The molecule has 1 aromatic rings. The third-order valence-electron chi connectivity index (χ3n) is 4.13. The standard InChI is InChI=1S/C16H21NO3S/c1-21-10-12-4-6-13(7-5-12)14(18)17-11-16(15(19)20)8-2-3-9-16/h4-7H,2-3,8-11H2,1H3,(H,17,18)(H,19,20). The summed E-state index contributed by atoms with van der Waals surface area (Å²) in [5.41, 5.74) is 0.990. The lowest BCUT2D eigenvalue weighted by molar-refractivity contribution is -0.148. The molecule has 1 aromatic carbocycles. The molecule has 0 aromatic heterocycles. The van der Waals surface area contributed by atoms with Gasteiger partial charge in [-0.2, -0.15) is 11.8 Å². The van der Waals surface area contributed by atoms with E-state index in [1.165, 1.54) is 5.56 Å². The minimum absolute atomic E-state index is 0.196. The zero-order chi connectivity index (χ0) is 15.3. The van der Waals surface area contributed by atoms with E-state index in [2.05, 4.69) is 5.32 Å². The quantitative estimate of drug-likeness (QED) is 0.848. The Morgan fingerprint density at radius 2 is 1.86 bits per heavy atom. The average molecular weight is 307 g/mol. The average Bonchev–Trinajstić information content (AvgIpc) is 2.96. The van der Waals surface area contributed by atoms with Crippen molar-refractivity contribution in [2.45, 2.75) is 31.4 Å². The summed E-state index contributed by atoms with van der Waals surface area (Å²) in [5, 5.41) is 12.2. The number of carbonyl (C=O) groups is 2. The number of carboxylic acids is 1. The van der Waals surface area contributed by atoms with Crippen molar-refractivity contribution in [2.24, 2.45) is 5.41 Å². The van der Waals surface area contributed by atoms with Gasteiger partial charge in [-0.3, -0.25) is 9.59 Å². The molecule has 0 atom stereocenters. The summed E-state index contributed by atoms with van der Waals surface area (Å²) in [6.45, 7) is 0.216. The highest BCUT2D eigenvalue weighted by Gasteiger charge is 2.41. The first-order valence-corrected chi connectivity index (χ1v) is 8.56. The van der Waals surface area contributed by atoms with Crippen LogP contribution in [-0.2, 0) is 10.5 Å². The highest BCUT2D eigenvalue weighted by Crippen LogP contribution is 2.37. The number of hydrogen-bond donors (Lipinski definition) is 2. The molecule has 1 amide bonds. The molecule has 2 N–H and O–H groups in total. The van der Waals surface area contributed by atoms with E-state index in [4.69, 9.17) is 0 Å². The van der Waals surface area contributed by atoms with Gasteiger partial charge in [0.05, 0.1) is 5.41 Å². The van der Waals surface area contributed by atoms with E-state index in [0.717, 1.165) is 18.6 Å². The van der Waals surface area contributed by atoms with Crippen LogP contribution in [0.5, 0.6) is 0 Å². The van der Waals surface area contributed by atoms with E-state index in [1.54, 1.807) is 23.9 Å². The zero-order valence-corrected chi connectivity index (χ0v) is 13.0. The van der Waals surface area contributed by atoms with Crippen molar-refractivity contribution in [1.82, 2.24) is 5.32 Å². The van der Waals surface area contributed by atoms with Crippen LogP contribution in [0, 0.1) is 5.41 Å². The molecular formula is C16H21NO3S. The van der Waals surface area contributed by atoms with Crippen LogP contribution >= 0.6 is 11.8 Å². The summed E-state index contributed by atoms with van der Waals surface area (Å²) in [4.78, 5) is 23.6. The van der Waals surface area contributed by atoms with Crippen LogP contribution in [-0.4, -0.2) is 29.8 Å². The SMILES string of the molecule is CSCc1ccc(C(=O)NCC2(C(=O)O)CCCC2)cc1. The molecular weight excluding hydrogens is 286 g/mol. The van der Waals surface area contributed by atoms with Gasteiger partial charge in [-0.25, -0.2) is 0 Å². The number of carboxylic acid groups (broad SMARTS) is 1. The van der Waals surface area contributed by atoms with Crippen molar-refractivity contribution in [2.75, 3.05) is 12.8 Å². The van der Waals surface area contributed by atoms with Gasteiger partial charge in [-0.1, -0.05) is 25.0 Å². The maximum absolute atomic E-state index is 12.1. The van der Waals surface area contributed by atoms with Gasteiger partial charge in [0, 0.05) is 17.9 Å². The highest BCUT2D eigenvalue weighted by atomic mass is 32.2. The Morgan fingerprint density at radius 3 is 2.38 bits per heavy atom. The van der Waals surface area contributed by atoms with E-state index >= 15 is 0 Å². The number of benzene rings is 1. The number of carbonyl (C=O) groups excluding carboxylic acids is 1. The molecule has 4 nitrogen and oxygen atoms in total. The topological polar surface area (TPSA) is 66.4 Å². The second-order valence-corrected chi connectivity index (χ2v) is 6.47. The molecule has 0 bridgehead atoms. The summed E-state index contributed by atoms with van der Waals surface area (Å²) in [5.74, 6) is -0.0712.